The van der Waals surface area contributed by atoms with E-state index in [1.54, 1.807) is 4.90 Å². The van der Waals surface area contributed by atoms with Crippen LogP contribution in [0.5, 0.6) is 0 Å². The van der Waals surface area contributed by atoms with Crippen LogP contribution in [0.15, 0.2) is 54.6 Å². The lowest BCUT2D eigenvalue weighted by Crippen LogP contribution is -2.35. The number of benzene rings is 2. The van der Waals surface area contributed by atoms with Crippen LogP contribution in [0.3, 0.4) is 0 Å². The van der Waals surface area contributed by atoms with Crippen molar-refractivity contribution in [2.45, 2.75) is 45.7 Å². The molecule has 156 valence electrons. The van der Waals surface area contributed by atoms with Crippen molar-refractivity contribution in [2.75, 3.05) is 18.0 Å². The Bertz CT molecular complexity index is 1040. The van der Waals surface area contributed by atoms with Gasteiger partial charge in [0, 0.05) is 25.2 Å². The number of carbonyl (C=O) groups excluding carboxylic acids is 2. The number of imidazole rings is 1. The van der Waals surface area contributed by atoms with Crippen LogP contribution in [0, 0.1) is 0 Å². The summed E-state index contributed by atoms with van der Waals surface area (Å²) in [6.07, 6.45) is 2.31. The standard InChI is InChI=1S/C24H28N4O2/c1-3-22(29)27-16-10-15-21(27)24-25-19-13-8-9-14-20(19)28(24)17-23(30)26(4-2)18-11-6-5-7-12-18/h5-9,11-14,21H,3-4,10,15-17H2,1-2H3. The number of fused-ring (bicyclic) bond motifs is 1. The predicted molar refractivity (Wildman–Crippen MR) is 118 cm³/mol. The van der Waals surface area contributed by atoms with E-state index in [-0.39, 0.29) is 24.4 Å². The molecule has 1 aliphatic rings. The first-order chi connectivity index (χ1) is 14.6. The zero-order chi connectivity index (χ0) is 21.1. The summed E-state index contributed by atoms with van der Waals surface area (Å²) in [5.74, 6) is 0.967. The highest BCUT2D eigenvalue weighted by Crippen LogP contribution is 2.34. The maximum atomic E-state index is 13.3. The van der Waals surface area contributed by atoms with Gasteiger partial charge in [-0.3, -0.25) is 9.59 Å². The van der Waals surface area contributed by atoms with E-state index < -0.39 is 0 Å². The number of carbonyl (C=O) groups is 2. The molecule has 0 spiro atoms. The van der Waals surface area contributed by atoms with E-state index in [1.165, 1.54) is 0 Å². The summed E-state index contributed by atoms with van der Waals surface area (Å²) in [7, 11) is 0. The normalized spacial score (nSPS) is 16.2. The number of aromatic nitrogens is 2. The molecule has 1 atom stereocenters. The SMILES string of the molecule is CCC(=O)N1CCCC1c1nc2ccccc2n1CC(=O)N(CC)c1ccccc1. The van der Waals surface area contributed by atoms with Crippen molar-refractivity contribution in [1.29, 1.82) is 0 Å². The first kappa shape index (κ1) is 20.1. The smallest absolute Gasteiger partial charge is 0.246 e. The number of nitrogens with zero attached hydrogens (tertiary/aromatic N) is 4. The van der Waals surface area contributed by atoms with Gasteiger partial charge in [0.2, 0.25) is 11.8 Å². The molecule has 2 heterocycles. The van der Waals surface area contributed by atoms with Gasteiger partial charge in [0.25, 0.3) is 0 Å². The number of likely N-dealkylation sites (tertiary alicyclic amines) is 1. The van der Waals surface area contributed by atoms with Gasteiger partial charge >= 0.3 is 0 Å². The van der Waals surface area contributed by atoms with Gasteiger partial charge in [-0.1, -0.05) is 37.3 Å². The number of anilines is 1. The molecule has 30 heavy (non-hydrogen) atoms. The van der Waals surface area contributed by atoms with Gasteiger partial charge in [0.1, 0.15) is 12.4 Å². The fourth-order valence-corrected chi connectivity index (χ4v) is 4.38. The Morgan fingerprint density at radius 1 is 1.07 bits per heavy atom. The van der Waals surface area contributed by atoms with E-state index in [4.69, 9.17) is 4.98 Å². The molecule has 0 N–H and O–H groups in total. The summed E-state index contributed by atoms with van der Waals surface area (Å²) in [6.45, 7) is 5.41. The monoisotopic (exact) mass is 404 g/mol. The summed E-state index contributed by atoms with van der Waals surface area (Å²) < 4.78 is 2.01. The molecule has 0 aliphatic carbocycles. The summed E-state index contributed by atoms with van der Waals surface area (Å²) >= 11 is 0. The third-order valence-corrected chi connectivity index (χ3v) is 5.84. The summed E-state index contributed by atoms with van der Waals surface area (Å²) in [5.41, 5.74) is 2.68. The van der Waals surface area contributed by atoms with Gasteiger partial charge in [-0.15, -0.1) is 0 Å². The highest BCUT2D eigenvalue weighted by atomic mass is 16.2. The Morgan fingerprint density at radius 3 is 2.53 bits per heavy atom. The average molecular weight is 405 g/mol. The van der Waals surface area contributed by atoms with E-state index >= 15 is 0 Å². The van der Waals surface area contributed by atoms with Crippen molar-refractivity contribution in [1.82, 2.24) is 14.5 Å². The predicted octanol–water partition coefficient (Wildman–Crippen LogP) is 4.16. The van der Waals surface area contributed by atoms with Gasteiger partial charge < -0.3 is 14.4 Å². The topological polar surface area (TPSA) is 58.4 Å². The van der Waals surface area contributed by atoms with E-state index in [0.717, 1.165) is 41.9 Å². The number of hydrogen-bond donors (Lipinski definition) is 0. The number of rotatable bonds is 6. The third-order valence-electron chi connectivity index (χ3n) is 5.84. The van der Waals surface area contributed by atoms with Crippen LogP contribution < -0.4 is 4.90 Å². The highest BCUT2D eigenvalue weighted by Gasteiger charge is 2.33. The second-order valence-electron chi connectivity index (χ2n) is 7.62. The molecule has 4 rings (SSSR count). The molecule has 1 aromatic heterocycles. The van der Waals surface area contributed by atoms with Crippen molar-refractivity contribution in [3.63, 3.8) is 0 Å². The molecule has 1 unspecified atom stereocenters. The molecular formula is C24H28N4O2. The van der Waals surface area contributed by atoms with Crippen LogP contribution in [0.25, 0.3) is 11.0 Å². The molecule has 6 nitrogen and oxygen atoms in total. The minimum Gasteiger partial charge on any atom is -0.333 e. The maximum absolute atomic E-state index is 13.3. The first-order valence-corrected chi connectivity index (χ1v) is 10.7. The Labute approximate surface area is 177 Å². The number of hydrogen-bond acceptors (Lipinski definition) is 3. The van der Waals surface area contributed by atoms with Crippen LogP contribution in [-0.2, 0) is 16.1 Å². The fourth-order valence-electron chi connectivity index (χ4n) is 4.38. The first-order valence-electron chi connectivity index (χ1n) is 10.7. The van der Waals surface area contributed by atoms with Crippen LogP contribution in [0.2, 0.25) is 0 Å². The summed E-state index contributed by atoms with van der Waals surface area (Å²) in [4.78, 5) is 34.4. The summed E-state index contributed by atoms with van der Waals surface area (Å²) in [6, 6.07) is 17.5. The van der Waals surface area contributed by atoms with Crippen molar-refractivity contribution < 1.29 is 9.59 Å². The molecule has 2 amide bonds. The van der Waals surface area contributed by atoms with Crippen LogP contribution in [-0.4, -0.2) is 39.4 Å². The fraction of sp³-hybridized carbons (Fsp3) is 0.375. The van der Waals surface area contributed by atoms with E-state index in [1.807, 2.05) is 77.9 Å². The van der Waals surface area contributed by atoms with Crippen molar-refractivity contribution in [3.8, 4) is 0 Å². The second-order valence-corrected chi connectivity index (χ2v) is 7.62. The molecule has 0 radical (unpaired) electrons. The third kappa shape index (κ3) is 3.70. The average Bonchev–Trinajstić information content (AvgIpc) is 3.39. The Kier molecular flexibility index (Phi) is 5.84. The number of para-hydroxylation sites is 3. The Hall–Kier alpha value is -3.15. The van der Waals surface area contributed by atoms with Gasteiger partial charge in [-0.2, -0.15) is 0 Å². The van der Waals surface area contributed by atoms with Gasteiger partial charge in [-0.25, -0.2) is 4.98 Å². The minimum absolute atomic E-state index is 0.0134. The molecule has 1 aliphatic heterocycles. The van der Waals surface area contributed by atoms with E-state index in [2.05, 4.69) is 0 Å². The molecule has 6 heteroatoms. The zero-order valence-corrected chi connectivity index (χ0v) is 17.6. The van der Waals surface area contributed by atoms with Crippen LogP contribution in [0.1, 0.15) is 45.0 Å². The summed E-state index contributed by atoms with van der Waals surface area (Å²) in [5, 5.41) is 0. The van der Waals surface area contributed by atoms with Crippen molar-refractivity contribution >= 4 is 28.5 Å². The van der Waals surface area contributed by atoms with Crippen molar-refractivity contribution in [3.05, 3.63) is 60.4 Å². The second kappa shape index (κ2) is 8.69. The van der Waals surface area contributed by atoms with Crippen molar-refractivity contribution in [2.24, 2.45) is 0 Å². The molecule has 2 aromatic carbocycles. The minimum atomic E-state index is -0.0792. The van der Waals surface area contributed by atoms with E-state index in [9.17, 15) is 9.59 Å². The van der Waals surface area contributed by atoms with Gasteiger partial charge in [0.05, 0.1) is 17.1 Å². The Balaban J connectivity index is 1.72. The lowest BCUT2D eigenvalue weighted by atomic mass is 10.2. The molecule has 1 fully saturated rings. The highest BCUT2D eigenvalue weighted by molar-refractivity contribution is 5.94. The van der Waals surface area contributed by atoms with Crippen LogP contribution in [0.4, 0.5) is 5.69 Å². The number of amides is 2. The van der Waals surface area contributed by atoms with Gasteiger partial charge in [-0.05, 0) is 44.0 Å². The lowest BCUT2D eigenvalue weighted by molar-refractivity contribution is -0.131. The molecule has 1 saturated heterocycles. The van der Waals surface area contributed by atoms with Gasteiger partial charge in [0.15, 0.2) is 0 Å². The lowest BCUT2D eigenvalue weighted by Gasteiger charge is -2.26. The number of likely N-dealkylation sites (N-methyl/N-ethyl adjacent to an activating group) is 1. The molecular weight excluding hydrogens is 376 g/mol. The zero-order valence-electron chi connectivity index (χ0n) is 17.6. The largest absolute Gasteiger partial charge is 0.333 e. The molecule has 0 bridgehead atoms. The molecule has 3 aromatic rings. The Morgan fingerprint density at radius 2 is 1.80 bits per heavy atom. The molecule has 0 saturated carbocycles. The van der Waals surface area contributed by atoms with E-state index in [0.29, 0.717) is 13.0 Å². The van der Waals surface area contributed by atoms with Crippen LogP contribution >= 0.6 is 0 Å². The quantitative estimate of drug-likeness (QED) is 0.620. The maximum Gasteiger partial charge on any atom is 0.246 e.